The van der Waals surface area contributed by atoms with Crippen LogP contribution in [0.25, 0.3) is 0 Å². The summed E-state index contributed by atoms with van der Waals surface area (Å²) in [5, 5.41) is 5.45. The van der Waals surface area contributed by atoms with Gasteiger partial charge in [0.05, 0.1) is 0 Å². The molecule has 1 saturated carbocycles. The molecule has 0 radical (unpaired) electrons. The molecule has 0 amide bonds. The zero-order valence-corrected chi connectivity index (χ0v) is 14.9. The van der Waals surface area contributed by atoms with Gasteiger partial charge in [0, 0.05) is 16.5 Å². The third kappa shape index (κ3) is 7.93. The maximum absolute atomic E-state index is 3.80. The van der Waals surface area contributed by atoms with Crippen LogP contribution in [0.2, 0.25) is 0 Å². The van der Waals surface area contributed by atoms with Gasteiger partial charge >= 0.3 is 0 Å². The van der Waals surface area contributed by atoms with Crippen LogP contribution in [0.5, 0.6) is 0 Å². The Bertz CT molecular complexity index is 219. The number of nitrogens with one attached hydrogen (secondary N) is 1. The van der Waals surface area contributed by atoms with Gasteiger partial charge in [-0.05, 0) is 25.8 Å². The minimum Gasteiger partial charge on any atom is -0.313 e. The van der Waals surface area contributed by atoms with Crippen LogP contribution in [0, 0.1) is 0 Å². The highest BCUT2D eigenvalue weighted by Crippen LogP contribution is 2.30. The molecule has 2 heteroatoms. The van der Waals surface area contributed by atoms with Crippen molar-refractivity contribution in [2.24, 2.45) is 0 Å². The average molecular weight is 300 g/mol. The van der Waals surface area contributed by atoms with Crippen LogP contribution in [-0.4, -0.2) is 23.1 Å². The molecule has 1 N–H and O–H groups in total. The fraction of sp³-hybridized carbons (Fsp3) is 1.00. The fourth-order valence-electron chi connectivity index (χ4n) is 3.21. The Labute approximate surface area is 132 Å². The molecule has 3 atom stereocenters. The lowest BCUT2D eigenvalue weighted by atomic mass is 9.97. The maximum Gasteiger partial charge on any atom is 0.0203 e. The summed E-state index contributed by atoms with van der Waals surface area (Å²) < 4.78 is 0. The summed E-state index contributed by atoms with van der Waals surface area (Å²) in [7, 11) is 0. The maximum atomic E-state index is 3.80. The summed E-state index contributed by atoms with van der Waals surface area (Å²) in [6.07, 6.45) is 15.8. The minimum atomic E-state index is 0.749. The minimum absolute atomic E-state index is 0.749. The van der Waals surface area contributed by atoms with Crippen LogP contribution in [0.4, 0.5) is 0 Å². The fourth-order valence-corrected chi connectivity index (χ4v) is 4.72. The summed E-state index contributed by atoms with van der Waals surface area (Å²) in [6, 6.07) is 0.749. The molecule has 0 heterocycles. The Morgan fingerprint density at radius 3 is 2.00 bits per heavy atom. The van der Waals surface area contributed by atoms with Crippen molar-refractivity contribution < 1.29 is 0 Å². The molecule has 20 heavy (non-hydrogen) atoms. The van der Waals surface area contributed by atoms with Gasteiger partial charge in [-0.2, -0.15) is 11.8 Å². The Hall–Kier alpha value is 0.310. The topological polar surface area (TPSA) is 12.0 Å². The summed E-state index contributed by atoms with van der Waals surface area (Å²) in [5.41, 5.74) is 0. The van der Waals surface area contributed by atoms with Crippen LogP contribution >= 0.6 is 11.8 Å². The first-order valence-electron chi connectivity index (χ1n) is 9.16. The van der Waals surface area contributed by atoms with Gasteiger partial charge in [-0.25, -0.2) is 0 Å². The standard InChI is InChI=1S/C18H37NS/c1-4-16(3)20-18-15-13-11-9-7-6-8-10-12-14-17(18)19-5-2/h16-19H,4-15H2,1-3H3. The van der Waals surface area contributed by atoms with E-state index in [9.17, 15) is 0 Å². The first kappa shape index (κ1) is 18.4. The largest absolute Gasteiger partial charge is 0.313 e. The van der Waals surface area contributed by atoms with Crippen molar-refractivity contribution in [3.05, 3.63) is 0 Å². The molecular weight excluding hydrogens is 262 g/mol. The van der Waals surface area contributed by atoms with Crippen LogP contribution in [-0.2, 0) is 0 Å². The third-order valence-electron chi connectivity index (χ3n) is 4.65. The van der Waals surface area contributed by atoms with Crippen molar-refractivity contribution in [1.82, 2.24) is 5.32 Å². The molecule has 0 spiro atoms. The van der Waals surface area contributed by atoms with E-state index in [0.717, 1.165) is 23.1 Å². The molecule has 3 unspecified atom stereocenters. The lowest BCUT2D eigenvalue weighted by molar-refractivity contribution is 0.419. The predicted octanol–water partition coefficient (Wildman–Crippen LogP) is 5.78. The highest BCUT2D eigenvalue weighted by molar-refractivity contribution is 8.00. The average Bonchev–Trinajstić information content (AvgIpc) is 2.44. The summed E-state index contributed by atoms with van der Waals surface area (Å²) >= 11 is 2.26. The zero-order chi connectivity index (χ0) is 14.6. The number of thioether (sulfide) groups is 1. The molecule has 0 aromatic carbocycles. The molecule has 1 aliphatic carbocycles. The zero-order valence-electron chi connectivity index (χ0n) is 14.1. The van der Waals surface area contributed by atoms with Gasteiger partial charge in [-0.15, -0.1) is 0 Å². The molecular formula is C18H37NS. The molecule has 0 aromatic rings. The monoisotopic (exact) mass is 299 g/mol. The molecule has 0 saturated heterocycles. The van der Waals surface area contributed by atoms with Crippen molar-refractivity contribution >= 4 is 11.8 Å². The van der Waals surface area contributed by atoms with Gasteiger partial charge in [0.25, 0.3) is 0 Å². The molecule has 1 rings (SSSR count). The third-order valence-corrected chi connectivity index (χ3v) is 6.36. The predicted molar refractivity (Wildman–Crippen MR) is 94.8 cm³/mol. The normalized spacial score (nSPS) is 28.4. The van der Waals surface area contributed by atoms with E-state index in [2.05, 4.69) is 37.8 Å². The van der Waals surface area contributed by atoms with Crippen molar-refractivity contribution in [1.29, 1.82) is 0 Å². The highest BCUT2D eigenvalue weighted by Gasteiger charge is 2.22. The second kappa shape index (κ2) is 11.9. The van der Waals surface area contributed by atoms with E-state index in [1.54, 1.807) is 0 Å². The van der Waals surface area contributed by atoms with E-state index >= 15 is 0 Å². The molecule has 1 nitrogen and oxygen atoms in total. The van der Waals surface area contributed by atoms with Gasteiger partial charge in [-0.3, -0.25) is 0 Å². The molecule has 0 bridgehead atoms. The first-order valence-corrected chi connectivity index (χ1v) is 10.1. The van der Waals surface area contributed by atoms with E-state index in [1.165, 1.54) is 70.6 Å². The molecule has 0 aliphatic heterocycles. The van der Waals surface area contributed by atoms with Crippen molar-refractivity contribution in [2.45, 2.75) is 108 Å². The summed E-state index contributed by atoms with van der Waals surface area (Å²) in [5.74, 6) is 0. The number of hydrogen-bond donors (Lipinski definition) is 1. The van der Waals surface area contributed by atoms with E-state index in [4.69, 9.17) is 0 Å². The van der Waals surface area contributed by atoms with Crippen LogP contribution in [0.1, 0.15) is 91.4 Å². The van der Waals surface area contributed by atoms with Gasteiger partial charge < -0.3 is 5.32 Å². The van der Waals surface area contributed by atoms with Gasteiger partial charge in [0.1, 0.15) is 0 Å². The second-order valence-corrected chi connectivity index (χ2v) is 8.15. The Kier molecular flexibility index (Phi) is 10.9. The van der Waals surface area contributed by atoms with Crippen LogP contribution in [0.15, 0.2) is 0 Å². The van der Waals surface area contributed by atoms with Crippen molar-refractivity contribution in [3.8, 4) is 0 Å². The van der Waals surface area contributed by atoms with Crippen molar-refractivity contribution in [2.75, 3.05) is 6.54 Å². The Balaban J connectivity index is 2.56. The highest BCUT2D eigenvalue weighted by atomic mass is 32.2. The van der Waals surface area contributed by atoms with E-state index < -0.39 is 0 Å². The summed E-state index contributed by atoms with van der Waals surface area (Å²) in [4.78, 5) is 0. The summed E-state index contributed by atoms with van der Waals surface area (Å²) in [6.45, 7) is 8.13. The molecule has 120 valence electrons. The molecule has 0 aromatic heterocycles. The number of hydrogen-bond acceptors (Lipinski definition) is 2. The van der Waals surface area contributed by atoms with Gasteiger partial charge in [0.2, 0.25) is 0 Å². The smallest absolute Gasteiger partial charge is 0.0203 e. The van der Waals surface area contributed by atoms with E-state index in [0.29, 0.717) is 0 Å². The van der Waals surface area contributed by atoms with E-state index in [-0.39, 0.29) is 0 Å². The van der Waals surface area contributed by atoms with E-state index in [1.807, 2.05) is 0 Å². The first-order chi connectivity index (χ1) is 9.77. The SMILES string of the molecule is CCNC1CCCCCCCCCCC1SC(C)CC. The van der Waals surface area contributed by atoms with Crippen LogP contribution in [0.3, 0.4) is 0 Å². The van der Waals surface area contributed by atoms with Gasteiger partial charge in [0.15, 0.2) is 0 Å². The quantitative estimate of drug-likeness (QED) is 0.690. The molecule has 1 aliphatic rings. The Morgan fingerprint density at radius 2 is 1.45 bits per heavy atom. The Morgan fingerprint density at radius 1 is 0.900 bits per heavy atom. The lowest BCUT2D eigenvalue weighted by Gasteiger charge is -2.30. The van der Waals surface area contributed by atoms with Gasteiger partial charge in [-0.1, -0.05) is 72.1 Å². The number of rotatable bonds is 5. The molecule has 1 fully saturated rings. The van der Waals surface area contributed by atoms with Crippen LogP contribution < -0.4 is 5.32 Å². The lowest BCUT2D eigenvalue weighted by Crippen LogP contribution is -2.39. The second-order valence-electron chi connectivity index (χ2n) is 6.46. The van der Waals surface area contributed by atoms with Crippen molar-refractivity contribution in [3.63, 3.8) is 0 Å².